The molecule has 0 N–H and O–H groups in total. The molecule has 0 fully saturated rings. The Morgan fingerprint density at radius 1 is 0.261 bits per heavy atom. The number of nitrogens with zero attached hydrogens (tertiary/aromatic N) is 7. The van der Waals surface area contributed by atoms with Crippen LogP contribution in [0, 0.1) is 0 Å². The van der Waals surface area contributed by atoms with Crippen LogP contribution < -0.4 is 0 Å². The summed E-state index contributed by atoms with van der Waals surface area (Å²) in [5.41, 5.74) is 19.3. The van der Waals surface area contributed by atoms with Crippen molar-refractivity contribution < 1.29 is 8.83 Å². The van der Waals surface area contributed by atoms with E-state index in [1.807, 2.05) is 72.9 Å². The minimum absolute atomic E-state index is 0.519. The summed E-state index contributed by atoms with van der Waals surface area (Å²) in [5, 5.41) is 8.74. The van der Waals surface area contributed by atoms with Gasteiger partial charge in [-0.15, -0.1) is 0 Å². The van der Waals surface area contributed by atoms with Gasteiger partial charge in [0.05, 0.1) is 38.8 Å². The van der Waals surface area contributed by atoms with E-state index in [1.54, 1.807) is 0 Å². The van der Waals surface area contributed by atoms with Gasteiger partial charge in [0.25, 0.3) is 0 Å². The summed E-state index contributed by atoms with van der Waals surface area (Å²) in [6.07, 6.45) is 1.86. The maximum Gasteiger partial charge on any atom is 0.165 e. The summed E-state index contributed by atoms with van der Waals surface area (Å²) in [7, 11) is 0. The van der Waals surface area contributed by atoms with E-state index in [-0.39, 0.29) is 0 Å². The van der Waals surface area contributed by atoms with Crippen molar-refractivity contribution in [3.05, 3.63) is 285 Å². The third kappa shape index (κ3) is 8.06. The average molecular weight is 1130 g/mol. The zero-order valence-electron chi connectivity index (χ0n) is 47.1. The maximum atomic E-state index is 6.84. The highest BCUT2D eigenvalue weighted by molar-refractivity contribution is 6.24. The van der Waals surface area contributed by atoms with Crippen LogP contribution >= 0.6 is 0 Å². The smallest absolute Gasteiger partial charge is 0.165 e. The minimum atomic E-state index is 0.519. The monoisotopic (exact) mass is 1130 g/mol. The Hall–Kier alpha value is -12.1. The van der Waals surface area contributed by atoms with E-state index in [0.29, 0.717) is 17.5 Å². The molecule has 0 saturated carbocycles. The van der Waals surface area contributed by atoms with Crippen LogP contribution in [0.4, 0.5) is 0 Å². The molecule has 0 aliphatic heterocycles. The Labute approximate surface area is 503 Å². The maximum absolute atomic E-state index is 6.84. The molecule has 0 aliphatic rings. The summed E-state index contributed by atoms with van der Waals surface area (Å²) in [4.78, 5) is 25.9. The number of hydrogen-bond donors (Lipinski definition) is 0. The molecule has 0 unspecified atom stereocenters. The molecule has 0 aliphatic carbocycles. The lowest BCUT2D eigenvalue weighted by molar-refractivity contribution is 0.669. The van der Waals surface area contributed by atoms with Gasteiger partial charge in [-0.2, -0.15) is 0 Å². The number of furan rings is 2. The van der Waals surface area contributed by atoms with Gasteiger partial charge in [-0.1, -0.05) is 182 Å². The standard InChI is InChI=1S/C79H47N7O2/c1-4-17-48(18-5-1)56-43-65(49-19-6-2-7-20-49)81-66(44-56)50-31-35-57(36-32-50)85-68-38-33-53(42-64(68)75-69(85)39-37-61-59-26-11-15-30-72(59)88-76(61)75)52-23-16-24-54(41-52)78-82-77(51-21-8-3-9-22-51)83-79(84-78)55-34-40-74(80-47-55)86-67-28-13-10-25-58(67)62-45-63-60-27-12-14-29-71(60)87-73(63)46-70(62)86/h1-47H. The third-order valence-corrected chi connectivity index (χ3v) is 17.2. The minimum Gasteiger partial charge on any atom is -0.456 e. The molecule has 0 bridgehead atoms. The highest BCUT2D eigenvalue weighted by Crippen LogP contribution is 2.44. The number of hydrogen-bond acceptors (Lipinski definition) is 7. The third-order valence-electron chi connectivity index (χ3n) is 17.2. The average Bonchev–Trinajstić information content (AvgIpc) is 2.11. The van der Waals surface area contributed by atoms with Crippen molar-refractivity contribution in [3.8, 4) is 90.4 Å². The first-order chi connectivity index (χ1) is 43.6. The van der Waals surface area contributed by atoms with E-state index in [0.717, 1.165) is 160 Å². The lowest BCUT2D eigenvalue weighted by Crippen LogP contribution is -2.02. The first-order valence-corrected chi connectivity index (χ1v) is 29.4. The fraction of sp³-hybridized carbons (Fsp3) is 0. The molecule has 410 valence electrons. The molecule has 0 amide bonds. The fourth-order valence-electron chi connectivity index (χ4n) is 13.0. The second-order valence-electron chi connectivity index (χ2n) is 22.4. The molecule has 9 heteroatoms. The summed E-state index contributed by atoms with van der Waals surface area (Å²) in [6, 6.07) is 97.3. The summed E-state index contributed by atoms with van der Waals surface area (Å²) >= 11 is 0. The molecule has 0 spiro atoms. The van der Waals surface area contributed by atoms with E-state index >= 15 is 0 Å². The number of pyridine rings is 2. The Balaban J connectivity index is 0.739. The molecular formula is C79H47N7O2. The van der Waals surface area contributed by atoms with Crippen molar-refractivity contribution in [3.63, 3.8) is 0 Å². The second-order valence-corrected chi connectivity index (χ2v) is 22.4. The van der Waals surface area contributed by atoms with Crippen molar-refractivity contribution in [2.45, 2.75) is 0 Å². The second kappa shape index (κ2) is 19.8. The Kier molecular flexibility index (Phi) is 11.1. The van der Waals surface area contributed by atoms with Gasteiger partial charge in [0, 0.05) is 83.5 Å². The molecule has 11 aromatic carbocycles. The van der Waals surface area contributed by atoms with Crippen LogP contribution in [-0.4, -0.2) is 34.1 Å². The lowest BCUT2D eigenvalue weighted by atomic mass is 10.00. The van der Waals surface area contributed by atoms with E-state index in [4.69, 9.17) is 33.8 Å². The highest BCUT2D eigenvalue weighted by Gasteiger charge is 2.22. The zero-order chi connectivity index (χ0) is 57.8. The SMILES string of the molecule is c1ccc(-c2cc(-c3ccccc3)nc(-c3ccc(-n4c5ccc(-c6cccc(-c7nc(-c8ccccc8)nc(-c8ccc(-n9c%10ccccc%10c%10cc%11c(cc%109)oc9ccccc9%11)nc8)n7)c6)cc5c5c6oc7ccccc7c6ccc54)cc3)c2)cc1. The van der Waals surface area contributed by atoms with Crippen molar-refractivity contribution in [2.24, 2.45) is 0 Å². The van der Waals surface area contributed by atoms with Gasteiger partial charge in [-0.3, -0.25) is 4.57 Å². The predicted octanol–water partition coefficient (Wildman–Crippen LogP) is 20.3. The van der Waals surface area contributed by atoms with Gasteiger partial charge in [0.2, 0.25) is 0 Å². The zero-order valence-corrected chi connectivity index (χ0v) is 47.1. The van der Waals surface area contributed by atoms with E-state index in [1.165, 1.54) is 0 Å². The first-order valence-electron chi connectivity index (χ1n) is 29.4. The molecule has 0 saturated heterocycles. The molecule has 7 heterocycles. The van der Waals surface area contributed by atoms with Crippen LogP contribution in [0.25, 0.3) is 178 Å². The molecule has 0 atom stereocenters. The number of aromatic nitrogens is 7. The number of benzene rings is 11. The summed E-state index contributed by atoms with van der Waals surface area (Å²) < 4.78 is 17.8. The first kappa shape index (κ1) is 49.4. The summed E-state index contributed by atoms with van der Waals surface area (Å²) in [6.45, 7) is 0. The predicted molar refractivity (Wildman–Crippen MR) is 357 cm³/mol. The van der Waals surface area contributed by atoms with Gasteiger partial charge in [-0.25, -0.2) is 24.9 Å². The van der Waals surface area contributed by atoms with Crippen LogP contribution in [0.5, 0.6) is 0 Å². The van der Waals surface area contributed by atoms with Crippen LogP contribution in [0.15, 0.2) is 294 Å². The molecule has 0 radical (unpaired) electrons. The lowest BCUT2D eigenvalue weighted by Gasteiger charge is -2.12. The number of rotatable bonds is 9. The van der Waals surface area contributed by atoms with Crippen molar-refractivity contribution >= 4 is 87.5 Å². The molecule has 9 nitrogen and oxygen atoms in total. The van der Waals surface area contributed by atoms with Crippen LogP contribution in [0.3, 0.4) is 0 Å². The van der Waals surface area contributed by atoms with Crippen LogP contribution in [-0.2, 0) is 0 Å². The largest absolute Gasteiger partial charge is 0.456 e. The van der Waals surface area contributed by atoms with Crippen molar-refractivity contribution in [1.82, 2.24) is 34.1 Å². The van der Waals surface area contributed by atoms with E-state index in [2.05, 4.69) is 221 Å². The summed E-state index contributed by atoms with van der Waals surface area (Å²) in [5.74, 6) is 2.41. The van der Waals surface area contributed by atoms with Crippen LogP contribution in [0.1, 0.15) is 0 Å². The van der Waals surface area contributed by atoms with Gasteiger partial charge in [-0.05, 0) is 113 Å². The highest BCUT2D eigenvalue weighted by atomic mass is 16.3. The number of fused-ring (bicyclic) bond motifs is 13. The van der Waals surface area contributed by atoms with Crippen molar-refractivity contribution in [2.75, 3.05) is 0 Å². The molecule has 88 heavy (non-hydrogen) atoms. The Morgan fingerprint density at radius 2 is 0.818 bits per heavy atom. The van der Waals surface area contributed by atoms with E-state index in [9.17, 15) is 0 Å². The molecule has 7 aromatic heterocycles. The van der Waals surface area contributed by atoms with Gasteiger partial charge in [0.15, 0.2) is 17.5 Å². The number of para-hydroxylation sites is 3. The normalized spacial score (nSPS) is 11.9. The molecule has 18 rings (SSSR count). The van der Waals surface area contributed by atoms with E-state index < -0.39 is 0 Å². The Bertz CT molecular complexity index is 5730. The van der Waals surface area contributed by atoms with Gasteiger partial charge < -0.3 is 13.4 Å². The molecule has 18 aromatic rings. The van der Waals surface area contributed by atoms with Crippen LogP contribution in [0.2, 0.25) is 0 Å². The Morgan fingerprint density at radius 3 is 1.56 bits per heavy atom. The van der Waals surface area contributed by atoms with Gasteiger partial charge in [0.1, 0.15) is 28.1 Å². The molecular weight excluding hydrogens is 1080 g/mol. The van der Waals surface area contributed by atoms with Gasteiger partial charge >= 0.3 is 0 Å². The fourth-order valence-corrected chi connectivity index (χ4v) is 13.0. The topological polar surface area (TPSA) is 101 Å². The van der Waals surface area contributed by atoms with Crippen molar-refractivity contribution in [1.29, 1.82) is 0 Å². The quantitative estimate of drug-likeness (QED) is 0.142.